The van der Waals surface area contributed by atoms with E-state index in [2.05, 4.69) is 86.4 Å². The van der Waals surface area contributed by atoms with Gasteiger partial charge in [-0.25, -0.2) is 9.46 Å². The first-order chi connectivity index (χ1) is 20.6. The van der Waals surface area contributed by atoms with Crippen LogP contribution in [-0.4, -0.2) is 113 Å². The lowest BCUT2D eigenvalue weighted by Crippen LogP contribution is -2.56. The molecule has 0 aliphatic carbocycles. The molecule has 3 unspecified atom stereocenters. The largest absolute Gasteiger partial charge is 0.367 e. The van der Waals surface area contributed by atoms with E-state index in [0.29, 0.717) is 13.2 Å². The van der Waals surface area contributed by atoms with Crippen LogP contribution in [0.4, 0.5) is 0 Å². The first-order valence-electron chi connectivity index (χ1n) is 14.5. The molecular weight excluding hydrogens is 692 g/mol. The van der Waals surface area contributed by atoms with Gasteiger partial charge in [-0.3, -0.25) is 24.1 Å². The third-order valence-electron chi connectivity index (χ3n) is 7.82. The molecule has 1 N–H and O–H groups in total. The Kier molecular flexibility index (Phi) is 10.7. The van der Waals surface area contributed by atoms with E-state index in [1.165, 1.54) is 16.8 Å². The number of halogens is 1. The molecule has 17 heteroatoms. The van der Waals surface area contributed by atoms with Crippen LogP contribution in [0.15, 0.2) is 28.0 Å². The fraction of sp³-hybridized carbons (Fsp3) is 0.731. The van der Waals surface area contributed by atoms with Crippen molar-refractivity contribution in [3.8, 4) is 6.07 Å². The first-order valence-corrected chi connectivity index (χ1v) is 16.6. The fourth-order valence-corrected chi connectivity index (χ4v) is 8.20. The molecule has 5 heterocycles. The van der Waals surface area contributed by atoms with Gasteiger partial charge in [-0.15, -0.1) is 5.10 Å². The maximum absolute atomic E-state index is 12.8. The van der Waals surface area contributed by atoms with Crippen LogP contribution in [0.3, 0.4) is 0 Å². The van der Waals surface area contributed by atoms with Crippen LogP contribution in [0, 0.1) is 11.3 Å². The van der Waals surface area contributed by atoms with Gasteiger partial charge < -0.3 is 18.5 Å². The molecule has 0 aromatic carbocycles. The molecule has 236 valence electrons. The number of nitrogens with one attached hydrogen (secondary N) is 1. The van der Waals surface area contributed by atoms with Gasteiger partial charge in [0.25, 0.3) is 14.1 Å². The number of fused-ring (bicyclic) bond motifs is 2. The molecule has 2 aromatic rings. The van der Waals surface area contributed by atoms with Crippen molar-refractivity contribution >= 4 is 31.4 Å². The highest BCUT2D eigenvalue weighted by Crippen LogP contribution is 2.55. The number of hydrogen-bond donors (Lipinski definition) is 1. The Morgan fingerprint density at radius 3 is 2.58 bits per heavy atom. The summed E-state index contributed by atoms with van der Waals surface area (Å²) in [4.78, 5) is 31.6. The van der Waals surface area contributed by atoms with Crippen LogP contribution in [0.25, 0.3) is 0 Å². The molecule has 0 amide bonds. The summed E-state index contributed by atoms with van der Waals surface area (Å²) in [5, 5.41) is 17.4. The minimum atomic E-state index is -1.59. The molecule has 0 spiro atoms. The minimum absolute atomic E-state index is 0.115. The van der Waals surface area contributed by atoms with Gasteiger partial charge in [0.2, 0.25) is 0 Å². The molecule has 3 fully saturated rings. The van der Waals surface area contributed by atoms with Crippen LogP contribution in [0.2, 0.25) is 0 Å². The summed E-state index contributed by atoms with van der Waals surface area (Å²) in [6.45, 7) is 13.4. The summed E-state index contributed by atoms with van der Waals surface area (Å²) in [5.41, 5.74) is -1.00. The fourth-order valence-electron chi connectivity index (χ4n) is 5.97. The Balaban J connectivity index is 1.38. The van der Waals surface area contributed by atoms with E-state index < -0.39 is 43.8 Å². The average molecular weight is 732 g/mol. The highest BCUT2D eigenvalue weighted by Gasteiger charge is 2.64. The van der Waals surface area contributed by atoms with Gasteiger partial charge in [-0.05, 0) is 27.7 Å². The second kappa shape index (κ2) is 14.1. The first kappa shape index (κ1) is 32.6. The smallest absolute Gasteiger partial charge is 0.330 e. The summed E-state index contributed by atoms with van der Waals surface area (Å²) in [6.07, 6.45) is 1.65. The van der Waals surface area contributed by atoms with Crippen molar-refractivity contribution < 1.29 is 18.5 Å². The minimum Gasteiger partial charge on any atom is -0.367 e. The number of rotatable bonds is 13. The number of H-pyrrole nitrogens is 1. The van der Waals surface area contributed by atoms with E-state index in [-0.39, 0.29) is 25.1 Å². The third kappa shape index (κ3) is 7.37. The van der Waals surface area contributed by atoms with Crippen molar-refractivity contribution in [1.82, 2.24) is 37.2 Å². The monoisotopic (exact) mass is 731 g/mol. The molecule has 2 aromatic heterocycles. The summed E-state index contributed by atoms with van der Waals surface area (Å²) >= 11 is 2.09. The second-order valence-corrected chi connectivity index (χ2v) is 14.0. The van der Waals surface area contributed by atoms with Crippen LogP contribution >= 0.6 is 31.4 Å². The predicted molar refractivity (Wildman–Crippen MR) is 165 cm³/mol. The number of nitrogens with zero attached hydrogens (tertiary/aromatic N) is 8. The maximum Gasteiger partial charge on any atom is 0.330 e. The lowest BCUT2D eigenvalue weighted by molar-refractivity contribution is -0.182. The van der Waals surface area contributed by atoms with E-state index in [1.807, 2.05) is 6.20 Å². The van der Waals surface area contributed by atoms with Gasteiger partial charge in [0.15, 0.2) is 6.23 Å². The van der Waals surface area contributed by atoms with Crippen LogP contribution in [0.1, 0.15) is 46.0 Å². The molecule has 2 bridgehead atoms. The Morgan fingerprint density at radius 1 is 1.23 bits per heavy atom. The van der Waals surface area contributed by atoms with Crippen molar-refractivity contribution in [2.45, 2.75) is 76.8 Å². The van der Waals surface area contributed by atoms with Gasteiger partial charge in [-0.1, -0.05) is 5.21 Å². The quantitative estimate of drug-likeness (QED) is 0.180. The molecule has 5 atom stereocenters. The van der Waals surface area contributed by atoms with Crippen molar-refractivity contribution in [2.24, 2.45) is 0 Å². The molecule has 3 saturated heterocycles. The predicted octanol–water partition coefficient (Wildman–Crippen LogP) is 1.47. The summed E-state index contributed by atoms with van der Waals surface area (Å²) in [5.74, 6) is 0. The number of nitriles is 1. The molecule has 3 aliphatic heterocycles. The van der Waals surface area contributed by atoms with E-state index in [4.69, 9.17) is 23.8 Å². The van der Waals surface area contributed by atoms with E-state index in [1.54, 1.807) is 2.90 Å². The zero-order valence-corrected chi connectivity index (χ0v) is 27.9. The Hall–Kier alpha value is -1.81. The van der Waals surface area contributed by atoms with Gasteiger partial charge >= 0.3 is 5.69 Å². The molecule has 5 rings (SSSR count). The number of piperazine rings is 1. The van der Waals surface area contributed by atoms with Crippen molar-refractivity contribution in [1.29, 1.82) is 5.26 Å². The van der Waals surface area contributed by atoms with Gasteiger partial charge in [-0.2, -0.15) is 8.16 Å². The maximum atomic E-state index is 12.8. The van der Waals surface area contributed by atoms with Crippen molar-refractivity contribution in [3.63, 3.8) is 0 Å². The third-order valence-corrected chi connectivity index (χ3v) is 10.4. The molecule has 43 heavy (non-hydrogen) atoms. The average Bonchev–Trinajstić information content (AvgIpc) is 3.60. The Labute approximate surface area is 265 Å². The Bertz CT molecular complexity index is 1380. The molecule has 15 nitrogen and oxygen atoms in total. The normalized spacial score (nSPS) is 27.0. The standard InChI is InChI=1S/C26H39IN9O6P/c1-18(2)36(19(3)4)43(40-13-5-7-28)42-23-22-24(34-8-6-21(37)29-25(34)38)41-26(23,17-39-22)16-33-11-9-32(10-12-33)14-20-15-35(27)31-30-20/h6,8,15,18-19,22-24H,5,9-14,16-17H2,1-4H3,(H,29,37,38)/t22?,23?,24-,26+,43?/m1/s1. The number of hydrogen-bond acceptors (Lipinski definition) is 12. The highest BCUT2D eigenvalue weighted by molar-refractivity contribution is 14.1. The lowest BCUT2D eigenvalue weighted by atomic mass is 9.98. The zero-order chi connectivity index (χ0) is 30.7. The SMILES string of the molecule is CC(C)N(C(C)C)P(OCCC#N)OC1C2OC[C@]1(CN1CCN(Cc3cn(I)nn3)CC1)O[C@H]2n1ccc(=O)[nH]c1=O. The van der Waals surface area contributed by atoms with E-state index in [9.17, 15) is 9.59 Å². The number of aromatic amines is 1. The Morgan fingerprint density at radius 2 is 1.95 bits per heavy atom. The van der Waals surface area contributed by atoms with Gasteiger partial charge in [0.1, 0.15) is 17.8 Å². The van der Waals surface area contributed by atoms with Crippen molar-refractivity contribution in [3.05, 3.63) is 45.0 Å². The number of ether oxygens (including phenoxy) is 2. The lowest BCUT2D eigenvalue weighted by Gasteiger charge is -2.41. The molecular formula is C26H39IN9O6P. The number of aromatic nitrogens is 5. The topological polar surface area (TPSA) is 156 Å². The highest BCUT2D eigenvalue weighted by atomic mass is 127. The van der Waals surface area contributed by atoms with Gasteiger partial charge in [0.05, 0.1) is 60.5 Å². The summed E-state index contributed by atoms with van der Waals surface area (Å²) in [6, 6.07) is 3.67. The van der Waals surface area contributed by atoms with Crippen molar-refractivity contribution in [2.75, 3.05) is 45.9 Å². The second-order valence-electron chi connectivity index (χ2n) is 11.6. The molecule has 0 radical (unpaired) electrons. The summed E-state index contributed by atoms with van der Waals surface area (Å²) < 4.78 is 31.3. The molecule has 0 saturated carbocycles. The van der Waals surface area contributed by atoms with E-state index >= 15 is 0 Å². The van der Waals surface area contributed by atoms with Crippen LogP contribution in [0.5, 0.6) is 0 Å². The zero-order valence-electron chi connectivity index (χ0n) is 24.8. The molecule has 3 aliphatic rings. The van der Waals surface area contributed by atoms with Gasteiger partial charge in [0, 0.05) is 63.6 Å². The van der Waals surface area contributed by atoms with E-state index in [0.717, 1.165) is 38.4 Å². The van der Waals surface area contributed by atoms with Crippen LogP contribution < -0.4 is 11.2 Å². The van der Waals surface area contributed by atoms with Crippen LogP contribution in [-0.2, 0) is 25.1 Å². The summed E-state index contributed by atoms with van der Waals surface area (Å²) in [7, 11) is -1.59.